The van der Waals surface area contributed by atoms with Crippen LogP contribution in [0.25, 0.3) is 0 Å². The number of aryl methyl sites for hydroxylation is 2. The molecule has 0 saturated heterocycles. The van der Waals surface area contributed by atoms with Crippen molar-refractivity contribution < 1.29 is 53.1 Å². The van der Waals surface area contributed by atoms with Crippen molar-refractivity contribution in [3.63, 3.8) is 0 Å². The average Bonchev–Trinajstić information content (AvgIpc) is 2.75. The number of halogens is 4. The molecule has 0 aliphatic carbocycles. The Morgan fingerprint density at radius 1 is 0.812 bits per heavy atom. The Labute approximate surface area is 218 Å². The van der Waals surface area contributed by atoms with Crippen LogP contribution in [-0.2, 0) is 24.5 Å². The van der Waals surface area contributed by atoms with E-state index >= 15 is 0 Å². The summed E-state index contributed by atoms with van der Waals surface area (Å²) in [4.78, 5) is 5.32. The first-order valence-electron chi connectivity index (χ1n) is 9.39. The predicted molar refractivity (Wildman–Crippen MR) is 116 cm³/mol. The lowest BCUT2D eigenvalue weighted by molar-refractivity contribution is -0.726. The van der Waals surface area contributed by atoms with Gasteiger partial charge in [0.05, 0.1) is 18.9 Å². The quantitative estimate of drug-likeness (QED) is 0.133. The van der Waals surface area contributed by atoms with Crippen molar-refractivity contribution in [2.75, 3.05) is 0 Å². The number of nitrogens with zero attached hydrogens (tertiary/aromatic N) is 4. The van der Waals surface area contributed by atoms with E-state index < -0.39 is 0 Å². The van der Waals surface area contributed by atoms with Crippen LogP contribution in [0.1, 0.15) is 23.1 Å². The lowest BCUT2D eigenvalue weighted by Gasteiger charge is -2.04. The smallest absolute Gasteiger partial charge is 0.169 e. The molecule has 0 unspecified atom stereocenters. The highest BCUT2D eigenvalue weighted by Crippen LogP contribution is 2.24. The summed E-state index contributed by atoms with van der Waals surface area (Å²) in [5.41, 5.74) is 2.52. The molecule has 2 heterocycles. The number of aromatic nitrogens is 2. The number of hydrogen-bond acceptors (Lipinski definition) is 4. The number of pyridine rings is 2. The zero-order valence-corrected chi connectivity index (χ0v) is 21.7. The van der Waals surface area contributed by atoms with Gasteiger partial charge in [0.25, 0.3) is 0 Å². The van der Waals surface area contributed by atoms with Gasteiger partial charge in [0.15, 0.2) is 37.9 Å². The Morgan fingerprint density at radius 3 is 1.81 bits per heavy atom. The van der Waals surface area contributed by atoms with Gasteiger partial charge in [-0.2, -0.15) is 0 Å². The van der Waals surface area contributed by atoms with Crippen molar-refractivity contribution >= 4 is 35.6 Å². The molecule has 0 aliphatic heterocycles. The van der Waals surface area contributed by atoms with Crippen molar-refractivity contribution in [2.24, 2.45) is 10.3 Å². The molecule has 0 aliphatic rings. The molecule has 0 atom stereocenters. The molecule has 0 saturated carbocycles. The van der Waals surface area contributed by atoms with Gasteiger partial charge >= 0.3 is 0 Å². The highest BCUT2D eigenvalue weighted by Gasteiger charge is 2.06. The summed E-state index contributed by atoms with van der Waals surface area (Å²) in [6, 6.07) is 13.1. The summed E-state index contributed by atoms with van der Waals surface area (Å²) in [7, 11) is 0. The van der Waals surface area contributed by atoms with Crippen LogP contribution in [0.15, 0.2) is 77.6 Å². The van der Waals surface area contributed by atoms with Crippen LogP contribution in [0.2, 0.25) is 10.0 Å². The molecule has 1 aromatic carbocycles. The zero-order valence-electron chi connectivity index (χ0n) is 17.0. The Hall–Kier alpha value is -2.00. The molecule has 0 amide bonds. The monoisotopic (exact) mass is 602 g/mol. The molecule has 6 nitrogen and oxygen atoms in total. The van der Waals surface area contributed by atoms with Gasteiger partial charge in [0, 0.05) is 51.0 Å². The maximum atomic E-state index is 8.54. The second kappa shape index (κ2) is 14.9. The van der Waals surface area contributed by atoms with Gasteiger partial charge in [-0.05, 0) is 12.1 Å². The van der Waals surface area contributed by atoms with Crippen molar-refractivity contribution in [2.45, 2.75) is 26.1 Å². The van der Waals surface area contributed by atoms with E-state index in [-0.39, 0.29) is 40.6 Å². The molecule has 10 heteroatoms. The Kier molecular flexibility index (Phi) is 13.1. The molecule has 0 fully saturated rings. The van der Waals surface area contributed by atoms with Crippen LogP contribution in [-0.4, -0.2) is 17.6 Å². The highest BCUT2D eigenvalue weighted by molar-refractivity contribution is 6.35. The molecule has 0 bridgehead atoms. The highest BCUT2D eigenvalue weighted by atomic mass is 79.9. The lowest BCUT2D eigenvalue weighted by atomic mass is 10.2. The van der Waals surface area contributed by atoms with E-state index in [1.165, 1.54) is 6.21 Å². The van der Waals surface area contributed by atoms with Crippen molar-refractivity contribution in [1.82, 2.24) is 0 Å². The van der Waals surface area contributed by atoms with E-state index in [0.29, 0.717) is 10.0 Å². The van der Waals surface area contributed by atoms with Crippen LogP contribution in [0.5, 0.6) is 0 Å². The molecule has 0 spiro atoms. The van der Waals surface area contributed by atoms with Crippen LogP contribution < -0.4 is 43.1 Å². The number of oxime groups is 2. The fourth-order valence-electron chi connectivity index (χ4n) is 2.78. The molecule has 3 aromatic rings. The summed E-state index contributed by atoms with van der Waals surface area (Å²) < 4.78 is 4.22. The third-order valence-corrected chi connectivity index (χ3v) is 5.13. The number of hydrogen-bond donors (Lipinski definition) is 1. The first kappa shape index (κ1) is 28.0. The fourth-order valence-corrected chi connectivity index (χ4v) is 3.29. The van der Waals surface area contributed by atoms with E-state index in [1.807, 2.05) is 49.1 Å². The van der Waals surface area contributed by atoms with Gasteiger partial charge in [-0.15, -0.1) is 0 Å². The third kappa shape index (κ3) is 8.86. The van der Waals surface area contributed by atoms with E-state index in [0.717, 1.165) is 36.2 Å². The van der Waals surface area contributed by atoms with E-state index in [9.17, 15) is 0 Å². The topological polar surface area (TPSA) is 61.9 Å². The molecule has 3 rings (SSSR count). The van der Waals surface area contributed by atoms with E-state index in [1.54, 1.807) is 24.4 Å². The van der Waals surface area contributed by atoms with Gasteiger partial charge < -0.3 is 44.0 Å². The van der Waals surface area contributed by atoms with Gasteiger partial charge in [0.2, 0.25) is 0 Å². The second-order valence-electron chi connectivity index (χ2n) is 6.54. The molecule has 0 radical (unpaired) electrons. The lowest BCUT2D eigenvalue weighted by Crippen LogP contribution is -3.00. The van der Waals surface area contributed by atoms with Crippen LogP contribution in [0, 0.1) is 0 Å². The second-order valence-corrected chi connectivity index (χ2v) is 7.36. The summed E-state index contributed by atoms with van der Waals surface area (Å²) in [5, 5.41) is 16.7. The average molecular weight is 605 g/mol. The summed E-state index contributed by atoms with van der Waals surface area (Å²) in [6.07, 6.45) is 12.0. The third-order valence-electron chi connectivity index (χ3n) is 4.42. The number of rotatable bonds is 9. The molecule has 2 aromatic heterocycles. The number of benzene rings is 1. The minimum atomic E-state index is 0. The van der Waals surface area contributed by atoms with Gasteiger partial charge in [-0.1, -0.05) is 39.6 Å². The molecule has 1 N–H and O–H groups in total. The van der Waals surface area contributed by atoms with E-state index in [4.69, 9.17) is 33.2 Å². The first-order chi connectivity index (χ1) is 14.7. The minimum Gasteiger partial charge on any atom is -1.00 e. The summed E-state index contributed by atoms with van der Waals surface area (Å²) in [5.74, 6) is 0. The Morgan fingerprint density at radius 2 is 1.31 bits per heavy atom. The normalized spacial score (nSPS) is 10.7. The van der Waals surface area contributed by atoms with E-state index in [2.05, 4.69) is 19.4 Å². The molecule has 32 heavy (non-hydrogen) atoms. The van der Waals surface area contributed by atoms with Crippen LogP contribution in [0.4, 0.5) is 0 Å². The van der Waals surface area contributed by atoms with Crippen molar-refractivity contribution in [3.05, 3.63) is 94.0 Å². The SMILES string of the molecule is ON=Cc1cc[n+](CCC[n+]2ccc(/C=N/OCc3c(Cl)cccc3Cl)cc2)cc1.[Br-].[Br-]. The molecule has 170 valence electrons. The fraction of sp³-hybridized carbons (Fsp3) is 0.182. The van der Waals surface area contributed by atoms with Crippen molar-refractivity contribution in [1.29, 1.82) is 0 Å². The maximum absolute atomic E-state index is 8.54. The minimum absolute atomic E-state index is 0. The van der Waals surface area contributed by atoms with Crippen LogP contribution >= 0.6 is 23.2 Å². The van der Waals surface area contributed by atoms with Gasteiger partial charge in [-0.3, -0.25) is 0 Å². The van der Waals surface area contributed by atoms with Crippen LogP contribution in [0.3, 0.4) is 0 Å². The summed E-state index contributed by atoms with van der Waals surface area (Å²) in [6.45, 7) is 2.00. The predicted octanol–water partition coefficient (Wildman–Crippen LogP) is -1.97. The summed E-state index contributed by atoms with van der Waals surface area (Å²) >= 11 is 12.2. The Balaban J connectivity index is 0.00000256. The largest absolute Gasteiger partial charge is 1.00 e. The first-order valence-corrected chi connectivity index (χ1v) is 10.1. The van der Waals surface area contributed by atoms with Gasteiger partial charge in [0.1, 0.15) is 6.61 Å². The molecular weight excluding hydrogens is 583 g/mol. The maximum Gasteiger partial charge on any atom is 0.169 e. The zero-order chi connectivity index (χ0) is 21.2. The van der Waals surface area contributed by atoms with Gasteiger partial charge in [-0.25, -0.2) is 9.13 Å². The standard InChI is InChI=1S/C22H21Cl2N4O2.2BrH/c23-21-3-1-4-22(24)20(21)17-30-26-16-19-7-13-28(14-8-19)10-2-9-27-11-5-18(6-12-27)15-25-29;;/h1,3-8,11-16H,2,9-10,17H2;2*1H/q+1;;/p-1/b26-16+;;. The molecular formula is C22H22Br2Cl2N4O2. The Bertz CT molecular complexity index is 997. The van der Waals surface area contributed by atoms with Crippen molar-refractivity contribution in [3.8, 4) is 0 Å².